The van der Waals surface area contributed by atoms with Crippen LogP contribution in [-0.2, 0) is 19.1 Å². The summed E-state index contributed by atoms with van der Waals surface area (Å²) in [5.41, 5.74) is 1.50. The zero-order valence-corrected chi connectivity index (χ0v) is 27.4. The summed E-state index contributed by atoms with van der Waals surface area (Å²) in [5.74, 6) is -0.326. The molecule has 3 amide bonds. The largest absolute Gasteiger partial charge is 0.490 e. The highest BCUT2D eigenvalue weighted by Crippen LogP contribution is 2.68. The first-order valence-corrected chi connectivity index (χ1v) is 17.7. The van der Waals surface area contributed by atoms with Gasteiger partial charge in [0.05, 0.1) is 42.4 Å². The first-order valence-electron chi connectivity index (χ1n) is 15.6. The number of nitrogens with zero attached hydrogens (tertiary/aromatic N) is 2. The van der Waals surface area contributed by atoms with Crippen molar-refractivity contribution in [1.82, 2.24) is 9.88 Å². The maximum Gasteiger partial charge on any atom is 0.305 e. The van der Waals surface area contributed by atoms with Gasteiger partial charge in [0.15, 0.2) is 18.1 Å². The number of carbonyl (C=O) groups is 3. The normalized spacial score (nSPS) is 29.5. The van der Waals surface area contributed by atoms with Crippen LogP contribution in [0.4, 0.5) is 5.69 Å². The topological polar surface area (TPSA) is 118 Å². The van der Waals surface area contributed by atoms with E-state index in [1.165, 1.54) is 16.2 Å². The van der Waals surface area contributed by atoms with Gasteiger partial charge in [0.1, 0.15) is 0 Å². The molecule has 2 saturated heterocycles. The maximum atomic E-state index is 14.0. The Morgan fingerprint density at radius 1 is 1.00 bits per heavy atom. The first-order chi connectivity index (χ1) is 22.3. The number of hydrogen-bond acceptors (Lipinski definition) is 9. The van der Waals surface area contributed by atoms with Crippen LogP contribution < -0.4 is 19.2 Å². The molecule has 5 aliphatic rings. The minimum Gasteiger partial charge on any atom is -0.490 e. The number of imide groups is 1. The predicted molar refractivity (Wildman–Crippen MR) is 173 cm³/mol. The number of H-pyrrole nitrogens is 1. The molecule has 0 radical (unpaired) electrons. The Morgan fingerprint density at radius 3 is 2.48 bits per heavy atom. The number of fused-ring (bicyclic) bond motifs is 9. The Balaban J connectivity index is 1.12. The van der Waals surface area contributed by atoms with Crippen LogP contribution in [-0.4, -0.2) is 72.4 Å². The molecule has 0 unspecified atom stereocenters. The molecule has 3 aromatic rings. The number of aromatic nitrogens is 1. The standard InChI is InChI=1S/C33H32ClN3O7S2/c1-2-43-22-13-16(3-8-21(22)44-15-23(38)36-9-11-42-12-10-36)24-25-19-14-20(28(25)45-30-29(24)46-33(41)35-30)27-26(19)31(39)37(32(27)40)18-6-4-17(34)5-7-18/h3-8,13,19-20,24-28H,2,9-12,14-15H2,1H3,(H,35,41)/t19-,20-,24+,25-,26+,27+,28-/m1/s1. The van der Waals surface area contributed by atoms with Gasteiger partial charge in [-0.25, -0.2) is 0 Å². The summed E-state index contributed by atoms with van der Waals surface area (Å²) in [5, 5.41) is 1.44. The summed E-state index contributed by atoms with van der Waals surface area (Å²) >= 11 is 8.96. The molecular weight excluding hydrogens is 650 g/mol. The molecule has 2 saturated carbocycles. The molecule has 10 nitrogen and oxygen atoms in total. The molecule has 8 rings (SSSR count). The number of morpholine rings is 1. The lowest BCUT2D eigenvalue weighted by molar-refractivity contribution is -0.137. The van der Waals surface area contributed by atoms with E-state index in [0.29, 0.717) is 55.1 Å². The number of benzene rings is 2. The number of thioether (sulfide) groups is 1. The van der Waals surface area contributed by atoms with Gasteiger partial charge in [0.25, 0.3) is 5.91 Å². The van der Waals surface area contributed by atoms with Gasteiger partial charge in [0.2, 0.25) is 11.8 Å². The van der Waals surface area contributed by atoms with Crippen molar-refractivity contribution in [2.75, 3.05) is 44.4 Å². The lowest BCUT2D eigenvalue weighted by Gasteiger charge is -2.43. The van der Waals surface area contributed by atoms with Crippen molar-refractivity contribution < 1.29 is 28.6 Å². The van der Waals surface area contributed by atoms with Crippen molar-refractivity contribution in [3.63, 3.8) is 0 Å². The third kappa shape index (κ3) is 4.79. The van der Waals surface area contributed by atoms with Crippen LogP contribution >= 0.6 is 34.7 Å². The molecule has 3 aliphatic heterocycles. The Kier molecular flexibility index (Phi) is 7.66. The summed E-state index contributed by atoms with van der Waals surface area (Å²) < 4.78 is 17.4. The zero-order valence-electron chi connectivity index (χ0n) is 25.0. The second kappa shape index (κ2) is 11.7. The maximum absolute atomic E-state index is 14.0. The molecule has 1 N–H and O–H groups in total. The van der Waals surface area contributed by atoms with Crippen LogP contribution in [0.15, 0.2) is 52.3 Å². The quantitative estimate of drug-likeness (QED) is 0.365. The molecule has 2 aliphatic carbocycles. The molecule has 240 valence electrons. The van der Waals surface area contributed by atoms with E-state index < -0.39 is 5.92 Å². The van der Waals surface area contributed by atoms with Gasteiger partial charge in [0, 0.05) is 34.2 Å². The van der Waals surface area contributed by atoms with Crippen LogP contribution in [0.5, 0.6) is 11.5 Å². The van der Waals surface area contributed by atoms with Crippen LogP contribution in [0.3, 0.4) is 0 Å². The number of halogens is 1. The van der Waals surface area contributed by atoms with E-state index in [2.05, 4.69) is 4.98 Å². The van der Waals surface area contributed by atoms with Crippen molar-refractivity contribution in [2.45, 2.75) is 29.5 Å². The average Bonchev–Trinajstić information content (AvgIpc) is 3.80. The van der Waals surface area contributed by atoms with Crippen molar-refractivity contribution in [3.05, 3.63) is 67.6 Å². The number of aromatic amines is 1. The number of amides is 3. The van der Waals surface area contributed by atoms with Gasteiger partial charge in [-0.1, -0.05) is 29.0 Å². The number of nitrogens with one attached hydrogen (secondary N) is 1. The van der Waals surface area contributed by atoms with Crippen LogP contribution in [0, 0.1) is 29.6 Å². The van der Waals surface area contributed by atoms with Gasteiger partial charge in [-0.2, -0.15) is 0 Å². The highest BCUT2D eigenvalue weighted by atomic mass is 35.5. The number of ether oxygens (including phenoxy) is 3. The van der Waals surface area contributed by atoms with E-state index in [-0.39, 0.29) is 64.0 Å². The van der Waals surface area contributed by atoms with E-state index in [0.717, 1.165) is 21.9 Å². The molecule has 1 aromatic heterocycles. The van der Waals surface area contributed by atoms with E-state index in [4.69, 9.17) is 25.8 Å². The van der Waals surface area contributed by atoms with Crippen molar-refractivity contribution in [3.8, 4) is 11.5 Å². The minimum atomic E-state index is -0.407. The fourth-order valence-corrected chi connectivity index (χ4v) is 11.4. The zero-order chi connectivity index (χ0) is 31.7. The average molecular weight is 682 g/mol. The Hall–Kier alpha value is -3.32. The number of thiazole rings is 1. The van der Waals surface area contributed by atoms with Crippen LogP contribution in [0.1, 0.15) is 29.7 Å². The van der Waals surface area contributed by atoms with Crippen molar-refractivity contribution in [2.24, 2.45) is 29.6 Å². The van der Waals surface area contributed by atoms with E-state index in [1.807, 2.05) is 25.1 Å². The lowest BCUT2D eigenvalue weighted by Crippen LogP contribution is -2.43. The van der Waals surface area contributed by atoms with E-state index in [1.54, 1.807) is 40.9 Å². The third-order valence-corrected chi connectivity index (χ3v) is 13.0. The van der Waals surface area contributed by atoms with Crippen molar-refractivity contribution >= 4 is 58.1 Å². The minimum absolute atomic E-state index is 0.0120. The predicted octanol–water partition coefficient (Wildman–Crippen LogP) is 4.40. The fraction of sp³-hybridized carbons (Fsp3) is 0.455. The monoisotopic (exact) mass is 681 g/mol. The van der Waals surface area contributed by atoms with Gasteiger partial charge in [-0.15, -0.1) is 11.8 Å². The van der Waals surface area contributed by atoms with Gasteiger partial charge in [-0.3, -0.25) is 24.1 Å². The Labute approximate surface area is 278 Å². The molecule has 46 heavy (non-hydrogen) atoms. The second-order valence-corrected chi connectivity index (χ2v) is 15.0. The lowest BCUT2D eigenvalue weighted by atomic mass is 9.68. The van der Waals surface area contributed by atoms with Gasteiger partial charge in [-0.05, 0) is 73.1 Å². The fourth-order valence-electron chi connectivity index (χ4n) is 8.38. The van der Waals surface area contributed by atoms with E-state index in [9.17, 15) is 19.2 Å². The molecule has 13 heteroatoms. The number of hydrogen-bond donors (Lipinski definition) is 1. The third-order valence-electron chi connectivity index (χ3n) is 10.2. The molecular formula is C33H32ClN3O7S2. The summed E-state index contributed by atoms with van der Waals surface area (Å²) in [6.45, 7) is 4.30. The van der Waals surface area contributed by atoms with Crippen LogP contribution in [0.25, 0.3) is 0 Å². The highest BCUT2D eigenvalue weighted by Gasteiger charge is 2.69. The molecule has 2 bridgehead atoms. The molecule has 7 atom stereocenters. The van der Waals surface area contributed by atoms with Crippen LogP contribution in [0.2, 0.25) is 5.02 Å². The summed E-state index contributed by atoms with van der Waals surface area (Å²) in [7, 11) is 0. The SMILES string of the molecule is CCOc1cc([C@@H]2c3sc(=O)[nH]c3S[C@@H]3[C@@H]4C[C@@H]([C@@H]5C(=O)N(c6ccc(Cl)cc6)C(=O)[C@@H]45)[C@H]23)ccc1OCC(=O)N1CCOCC1. The summed E-state index contributed by atoms with van der Waals surface area (Å²) in [6.07, 6.45) is 0.794. The Morgan fingerprint density at radius 2 is 1.74 bits per heavy atom. The van der Waals surface area contributed by atoms with Gasteiger partial charge < -0.3 is 24.1 Å². The summed E-state index contributed by atoms with van der Waals surface area (Å²) in [6, 6.07) is 12.6. The summed E-state index contributed by atoms with van der Waals surface area (Å²) in [4.78, 5) is 60.3. The highest BCUT2D eigenvalue weighted by molar-refractivity contribution is 8.00. The Bertz CT molecular complexity index is 1770. The molecule has 0 spiro atoms. The number of rotatable bonds is 7. The van der Waals surface area contributed by atoms with E-state index >= 15 is 0 Å². The molecule has 2 aromatic carbocycles. The first kappa shape index (κ1) is 30.0. The molecule has 4 heterocycles. The van der Waals surface area contributed by atoms with Gasteiger partial charge >= 0.3 is 4.87 Å². The second-order valence-electron chi connectivity index (χ2n) is 12.4. The number of carbonyl (C=O) groups excluding carboxylic acids is 3. The van der Waals surface area contributed by atoms with Crippen molar-refractivity contribution in [1.29, 1.82) is 0 Å². The molecule has 4 fully saturated rings. The number of anilines is 1. The smallest absolute Gasteiger partial charge is 0.305 e.